The van der Waals surface area contributed by atoms with Crippen molar-refractivity contribution < 1.29 is 28.7 Å². The monoisotopic (exact) mass is 550 g/mol. The van der Waals surface area contributed by atoms with Gasteiger partial charge in [0.15, 0.2) is 6.61 Å². The van der Waals surface area contributed by atoms with E-state index >= 15 is 0 Å². The normalized spacial score (nSPS) is 16.5. The number of carbonyl (C=O) groups excluding carboxylic acids is 4. The van der Waals surface area contributed by atoms with Gasteiger partial charge in [0.05, 0.1) is 19.8 Å². The molecule has 2 aromatic rings. The van der Waals surface area contributed by atoms with E-state index in [4.69, 9.17) is 9.47 Å². The summed E-state index contributed by atoms with van der Waals surface area (Å²) in [6.07, 6.45) is 1.33. The quantitative estimate of drug-likeness (QED) is 0.449. The molecule has 10 heteroatoms. The van der Waals surface area contributed by atoms with Gasteiger partial charge in [-0.05, 0) is 44.1 Å². The lowest BCUT2D eigenvalue weighted by Gasteiger charge is -2.41. The lowest BCUT2D eigenvalue weighted by Crippen LogP contribution is -2.56. The molecular weight excluding hydrogens is 512 g/mol. The maximum absolute atomic E-state index is 13.6. The van der Waals surface area contributed by atoms with E-state index in [1.54, 1.807) is 28.8 Å². The van der Waals surface area contributed by atoms with Crippen LogP contribution in [0.5, 0.6) is 0 Å². The van der Waals surface area contributed by atoms with E-state index in [1.165, 1.54) is 6.92 Å². The molecule has 2 aliphatic rings. The van der Waals surface area contributed by atoms with Crippen molar-refractivity contribution in [3.8, 4) is 0 Å². The van der Waals surface area contributed by atoms with E-state index in [0.717, 1.165) is 16.8 Å². The number of amides is 3. The molecule has 2 aromatic carbocycles. The highest BCUT2D eigenvalue weighted by Crippen LogP contribution is 2.47. The summed E-state index contributed by atoms with van der Waals surface area (Å²) in [6.45, 7) is 2.98. The highest BCUT2D eigenvalue weighted by Gasteiger charge is 2.47. The zero-order valence-electron chi connectivity index (χ0n) is 23.4. The number of hydrogen-bond donors (Lipinski definition) is 1. The molecule has 4 rings (SSSR count). The summed E-state index contributed by atoms with van der Waals surface area (Å²) in [6, 6.07) is 16.7. The van der Waals surface area contributed by atoms with Gasteiger partial charge >= 0.3 is 5.97 Å². The number of para-hydroxylation sites is 1. The van der Waals surface area contributed by atoms with E-state index in [1.807, 2.05) is 54.6 Å². The third-order valence-corrected chi connectivity index (χ3v) is 7.45. The number of carbonyl (C=O) groups is 4. The minimum Gasteiger partial charge on any atom is -0.456 e. The molecule has 1 fully saturated rings. The SMILES string of the molecule is CC(=O)OCC(=O)N1CC2(CCN(C(=O)[C@@H](COCc3ccccc3)NC(=O)CN(C)C)CC2)c2ccccc21. The number of nitrogens with zero attached hydrogens (tertiary/aromatic N) is 3. The molecule has 10 nitrogen and oxygen atoms in total. The Morgan fingerprint density at radius 1 is 1.00 bits per heavy atom. The first kappa shape index (κ1) is 29.2. The van der Waals surface area contributed by atoms with Crippen LogP contribution in [0.15, 0.2) is 54.6 Å². The van der Waals surface area contributed by atoms with E-state index in [0.29, 0.717) is 39.1 Å². The third-order valence-electron chi connectivity index (χ3n) is 7.45. The Kier molecular flexibility index (Phi) is 9.54. The van der Waals surface area contributed by atoms with Crippen LogP contribution in [0.25, 0.3) is 0 Å². The molecule has 1 spiro atoms. The predicted octanol–water partition coefficient (Wildman–Crippen LogP) is 1.72. The van der Waals surface area contributed by atoms with Gasteiger partial charge in [0.1, 0.15) is 6.04 Å². The second-order valence-electron chi connectivity index (χ2n) is 10.7. The number of fused-ring (bicyclic) bond motifs is 2. The number of ether oxygens (including phenoxy) is 2. The molecule has 2 heterocycles. The molecule has 0 bridgehead atoms. The molecule has 40 heavy (non-hydrogen) atoms. The van der Waals surface area contributed by atoms with Crippen molar-refractivity contribution >= 4 is 29.4 Å². The minimum absolute atomic E-state index is 0.0653. The Balaban J connectivity index is 1.42. The fraction of sp³-hybridized carbons (Fsp3) is 0.467. The van der Waals surface area contributed by atoms with E-state index < -0.39 is 12.0 Å². The van der Waals surface area contributed by atoms with Crippen LogP contribution in [0, 0.1) is 0 Å². The summed E-state index contributed by atoms with van der Waals surface area (Å²) in [5.74, 6) is -1.18. The van der Waals surface area contributed by atoms with E-state index in [2.05, 4.69) is 5.32 Å². The third kappa shape index (κ3) is 7.05. The van der Waals surface area contributed by atoms with Gasteiger partial charge in [-0.15, -0.1) is 0 Å². The number of hydrogen-bond acceptors (Lipinski definition) is 7. The molecule has 3 amide bonds. The summed E-state index contributed by atoms with van der Waals surface area (Å²) >= 11 is 0. The van der Waals surface area contributed by atoms with Gasteiger partial charge in [-0.3, -0.25) is 19.2 Å². The van der Waals surface area contributed by atoms with Crippen molar-refractivity contribution in [3.05, 3.63) is 65.7 Å². The largest absolute Gasteiger partial charge is 0.456 e. The van der Waals surface area contributed by atoms with Gasteiger partial charge < -0.3 is 29.5 Å². The number of esters is 1. The molecule has 0 aliphatic carbocycles. The highest BCUT2D eigenvalue weighted by atomic mass is 16.5. The first-order valence-corrected chi connectivity index (χ1v) is 13.6. The predicted molar refractivity (Wildman–Crippen MR) is 150 cm³/mol. The summed E-state index contributed by atoms with van der Waals surface area (Å²) in [5, 5.41) is 2.86. The molecule has 1 saturated heterocycles. The summed E-state index contributed by atoms with van der Waals surface area (Å²) in [5.41, 5.74) is 2.58. The number of nitrogens with one attached hydrogen (secondary N) is 1. The molecule has 1 atom stereocenters. The number of benzene rings is 2. The van der Waals surface area contributed by atoms with Crippen molar-refractivity contribution in [3.63, 3.8) is 0 Å². The summed E-state index contributed by atoms with van der Waals surface area (Å²) < 4.78 is 10.8. The molecule has 2 aliphatic heterocycles. The average molecular weight is 551 g/mol. The van der Waals surface area contributed by atoms with Gasteiger partial charge in [-0.25, -0.2) is 0 Å². The van der Waals surface area contributed by atoms with Crippen LogP contribution < -0.4 is 10.2 Å². The lowest BCUT2D eigenvalue weighted by molar-refractivity contribution is -0.145. The van der Waals surface area contributed by atoms with Crippen LogP contribution in [0.3, 0.4) is 0 Å². The van der Waals surface area contributed by atoms with Crippen LogP contribution >= 0.6 is 0 Å². The highest BCUT2D eigenvalue weighted by molar-refractivity contribution is 5.98. The Bertz CT molecular complexity index is 1210. The fourth-order valence-corrected chi connectivity index (χ4v) is 5.47. The van der Waals surface area contributed by atoms with E-state index in [-0.39, 0.29) is 42.9 Å². The summed E-state index contributed by atoms with van der Waals surface area (Å²) in [4.78, 5) is 55.6. The van der Waals surface area contributed by atoms with Crippen molar-refractivity contribution in [1.82, 2.24) is 15.1 Å². The van der Waals surface area contributed by atoms with Crippen LogP contribution in [-0.4, -0.2) is 93.0 Å². The van der Waals surface area contributed by atoms with Gasteiger partial charge in [-0.1, -0.05) is 48.5 Å². The topological polar surface area (TPSA) is 108 Å². The van der Waals surface area contributed by atoms with Gasteiger partial charge in [-0.2, -0.15) is 0 Å². The second kappa shape index (κ2) is 13.1. The molecule has 1 N–H and O–H groups in total. The zero-order chi connectivity index (χ0) is 28.7. The Hall–Kier alpha value is -3.76. The number of rotatable bonds is 10. The number of likely N-dealkylation sites (tertiary alicyclic amines) is 1. The van der Waals surface area contributed by atoms with Crippen molar-refractivity contribution in [2.75, 3.05) is 58.4 Å². The van der Waals surface area contributed by atoms with Crippen LogP contribution in [0.1, 0.15) is 30.9 Å². The van der Waals surface area contributed by atoms with Gasteiger partial charge in [0.2, 0.25) is 11.8 Å². The molecule has 0 aromatic heterocycles. The van der Waals surface area contributed by atoms with Gasteiger partial charge in [0, 0.05) is 37.7 Å². The van der Waals surface area contributed by atoms with Crippen LogP contribution in [0.4, 0.5) is 5.69 Å². The minimum atomic E-state index is -0.803. The molecule has 0 radical (unpaired) electrons. The van der Waals surface area contributed by atoms with Gasteiger partial charge in [0.25, 0.3) is 5.91 Å². The molecular formula is C30H38N4O6. The lowest BCUT2D eigenvalue weighted by atomic mass is 9.74. The van der Waals surface area contributed by atoms with Crippen molar-refractivity contribution in [1.29, 1.82) is 0 Å². The number of anilines is 1. The maximum atomic E-state index is 13.6. The van der Waals surface area contributed by atoms with Crippen LogP contribution in [-0.2, 0) is 40.7 Å². The smallest absolute Gasteiger partial charge is 0.303 e. The number of likely N-dealkylation sites (N-methyl/N-ethyl adjacent to an activating group) is 1. The molecule has 0 saturated carbocycles. The Labute approximate surface area is 235 Å². The fourth-order valence-electron chi connectivity index (χ4n) is 5.47. The first-order chi connectivity index (χ1) is 19.2. The van der Waals surface area contributed by atoms with Crippen LogP contribution in [0.2, 0.25) is 0 Å². The van der Waals surface area contributed by atoms with E-state index in [9.17, 15) is 19.2 Å². The second-order valence-corrected chi connectivity index (χ2v) is 10.7. The van der Waals surface area contributed by atoms with Crippen molar-refractivity contribution in [2.24, 2.45) is 0 Å². The number of piperidine rings is 1. The summed E-state index contributed by atoms with van der Waals surface area (Å²) in [7, 11) is 3.60. The Morgan fingerprint density at radius 3 is 2.35 bits per heavy atom. The zero-order valence-corrected chi connectivity index (χ0v) is 23.4. The molecule has 214 valence electrons. The standard InChI is InChI=1S/C30H38N4O6/c1-22(35)40-20-28(37)34-21-30(24-11-7-8-12-26(24)34)13-15-33(16-14-30)29(38)25(31-27(36)17-32(2)3)19-39-18-23-9-5-4-6-10-23/h4-12,25H,13-21H2,1-3H3,(H,31,36)/t25-/m1/s1. The molecule has 0 unspecified atom stereocenters. The first-order valence-electron chi connectivity index (χ1n) is 13.6. The van der Waals surface area contributed by atoms with Crippen molar-refractivity contribution in [2.45, 2.75) is 37.8 Å². The maximum Gasteiger partial charge on any atom is 0.303 e. The average Bonchev–Trinajstić information content (AvgIpc) is 3.25. The Morgan fingerprint density at radius 2 is 1.68 bits per heavy atom.